The van der Waals surface area contributed by atoms with Crippen molar-refractivity contribution in [3.05, 3.63) is 52.8 Å². The summed E-state index contributed by atoms with van der Waals surface area (Å²) in [6, 6.07) is 12.4. The van der Waals surface area contributed by atoms with E-state index < -0.39 is 0 Å². The lowest BCUT2D eigenvalue weighted by Crippen LogP contribution is -2.20. The number of para-hydroxylation sites is 1. The van der Waals surface area contributed by atoms with Crippen molar-refractivity contribution in [2.75, 3.05) is 25.3 Å². The zero-order chi connectivity index (χ0) is 21.3. The van der Waals surface area contributed by atoms with Crippen molar-refractivity contribution in [1.82, 2.24) is 19.2 Å². The van der Waals surface area contributed by atoms with Crippen molar-refractivity contribution in [3.63, 3.8) is 0 Å². The van der Waals surface area contributed by atoms with Crippen LogP contribution in [0.4, 0.5) is 5.69 Å². The molecule has 10 heteroatoms. The molecule has 154 valence electrons. The minimum absolute atomic E-state index is 0.0956. The number of fused-ring (bicyclic) bond motifs is 3. The van der Waals surface area contributed by atoms with Crippen LogP contribution in [0.25, 0.3) is 16.7 Å². The molecule has 0 unspecified atom stereocenters. The Bertz CT molecular complexity index is 1310. The summed E-state index contributed by atoms with van der Waals surface area (Å²) in [5.74, 6) is 1.41. The number of anilines is 1. The molecule has 0 atom stereocenters. The molecule has 30 heavy (non-hydrogen) atoms. The fourth-order valence-electron chi connectivity index (χ4n) is 3.13. The second-order valence-corrected chi connectivity index (χ2v) is 7.34. The first kappa shape index (κ1) is 19.8. The molecular weight excluding hydrogens is 406 g/mol. The molecule has 2 aromatic heterocycles. The van der Waals surface area contributed by atoms with Gasteiger partial charge in [-0.3, -0.25) is 18.6 Å². The second kappa shape index (κ2) is 8.07. The van der Waals surface area contributed by atoms with E-state index >= 15 is 0 Å². The number of aromatic nitrogens is 4. The first-order valence-corrected chi connectivity index (χ1v) is 9.99. The number of amides is 1. The van der Waals surface area contributed by atoms with Gasteiger partial charge in [-0.05, 0) is 24.3 Å². The predicted molar refractivity (Wildman–Crippen MR) is 115 cm³/mol. The first-order valence-electron chi connectivity index (χ1n) is 9.01. The lowest BCUT2D eigenvalue weighted by Gasteiger charge is -2.11. The summed E-state index contributed by atoms with van der Waals surface area (Å²) in [5.41, 5.74) is 1.06. The Labute approximate surface area is 175 Å². The number of carbonyl (C=O) groups is 1. The molecule has 4 aromatic rings. The van der Waals surface area contributed by atoms with Crippen molar-refractivity contribution in [3.8, 4) is 11.5 Å². The average Bonchev–Trinajstić information content (AvgIpc) is 3.20. The average molecular weight is 425 g/mol. The van der Waals surface area contributed by atoms with E-state index in [1.807, 2.05) is 18.2 Å². The van der Waals surface area contributed by atoms with Crippen LogP contribution in [0.1, 0.15) is 0 Å². The number of rotatable bonds is 6. The van der Waals surface area contributed by atoms with Crippen LogP contribution in [0, 0.1) is 0 Å². The van der Waals surface area contributed by atoms with Crippen LogP contribution in [0.3, 0.4) is 0 Å². The summed E-state index contributed by atoms with van der Waals surface area (Å²) in [5, 5.41) is 12.2. The Morgan fingerprint density at radius 3 is 2.70 bits per heavy atom. The van der Waals surface area contributed by atoms with E-state index in [4.69, 9.17) is 9.47 Å². The smallest absolute Gasteiger partial charge is 0.262 e. The monoisotopic (exact) mass is 425 g/mol. The molecule has 0 spiro atoms. The van der Waals surface area contributed by atoms with Gasteiger partial charge in [0.05, 0.1) is 36.6 Å². The SMILES string of the molecule is COc1ccc(OC)c(NC(=O)CSc2nnc3n(C)c(=O)c4ccccc4n23)c1. The number of thioether (sulfide) groups is 1. The lowest BCUT2D eigenvalue weighted by atomic mass is 10.2. The minimum atomic E-state index is -0.238. The van der Waals surface area contributed by atoms with Gasteiger partial charge in [0.25, 0.3) is 5.56 Å². The highest BCUT2D eigenvalue weighted by Crippen LogP contribution is 2.29. The van der Waals surface area contributed by atoms with Crippen LogP contribution < -0.4 is 20.3 Å². The van der Waals surface area contributed by atoms with Gasteiger partial charge >= 0.3 is 0 Å². The highest BCUT2D eigenvalue weighted by Gasteiger charge is 2.16. The van der Waals surface area contributed by atoms with E-state index in [0.717, 1.165) is 0 Å². The molecule has 0 aliphatic carbocycles. The van der Waals surface area contributed by atoms with Gasteiger partial charge < -0.3 is 14.8 Å². The number of ether oxygens (including phenoxy) is 2. The maximum atomic E-state index is 12.6. The van der Waals surface area contributed by atoms with E-state index in [1.54, 1.807) is 42.8 Å². The van der Waals surface area contributed by atoms with Gasteiger partial charge in [-0.1, -0.05) is 23.9 Å². The van der Waals surface area contributed by atoms with Crippen molar-refractivity contribution >= 4 is 40.0 Å². The zero-order valence-corrected chi connectivity index (χ0v) is 17.4. The number of aryl methyl sites for hydroxylation is 1. The summed E-state index contributed by atoms with van der Waals surface area (Å²) < 4.78 is 13.7. The summed E-state index contributed by atoms with van der Waals surface area (Å²) in [7, 11) is 4.73. The number of benzene rings is 2. The molecule has 0 aliphatic rings. The summed E-state index contributed by atoms with van der Waals surface area (Å²) >= 11 is 1.23. The van der Waals surface area contributed by atoms with E-state index in [0.29, 0.717) is 39.0 Å². The second-order valence-electron chi connectivity index (χ2n) is 6.40. The molecule has 0 saturated heterocycles. The fraction of sp³-hybridized carbons (Fsp3) is 0.200. The summed E-state index contributed by atoms with van der Waals surface area (Å²) in [6.45, 7) is 0. The third-order valence-corrected chi connectivity index (χ3v) is 5.54. The van der Waals surface area contributed by atoms with E-state index in [9.17, 15) is 9.59 Å². The molecule has 0 aliphatic heterocycles. The van der Waals surface area contributed by atoms with Gasteiger partial charge in [0, 0.05) is 13.1 Å². The summed E-state index contributed by atoms with van der Waals surface area (Å²) in [6.07, 6.45) is 0. The van der Waals surface area contributed by atoms with Crippen LogP contribution >= 0.6 is 11.8 Å². The van der Waals surface area contributed by atoms with Crippen molar-refractivity contribution in [2.45, 2.75) is 5.16 Å². The zero-order valence-electron chi connectivity index (χ0n) is 16.6. The van der Waals surface area contributed by atoms with Gasteiger partial charge in [0.1, 0.15) is 11.5 Å². The lowest BCUT2D eigenvalue weighted by molar-refractivity contribution is -0.113. The molecule has 1 N–H and O–H groups in total. The van der Waals surface area contributed by atoms with Crippen LogP contribution in [-0.4, -0.2) is 45.0 Å². The Morgan fingerprint density at radius 1 is 1.13 bits per heavy atom. The van der Waals surface area contributed by atoms with Gasteiger partial charge in [0.2, 0.25) is 11.7 Å². The number of hydrogen-bond acceptors (Lipinski definition) is 7. The van der Waals surface area contributed by atoms with Crippen LogP contribution in [0.5, 0.6) is 11.5 Å². The van der Waals surface area contributed by atoms with Crippen LogP contribution in [-0.2, 0) is 11.8 Å². The highest BCUT2D eigenvalue weighted by atomic mass is 32.2. The van der Waals surface area contributed by atoms with Crippen molar-refractivity contribution in [1.29, 1.82) is 0 Å². The molecule has 0 fully saturated rings. The molecule has 0 saturated carbocycles. The Kier molecular flexibility index (Phi) is 5.32. The van der Waals surface area contributed by atoms with Crippen molar-refractivity contribution in [2.24, 2.45) is 7.05 Å². The van der Waals surface area contributed by atoms with Crippen LogP contribution in [0.2, 0.25) is 0 Å². The van der Waals surface area contributed by atoms with Gasteiger partial charge in [-0.2, -0.15) is 0 Å². The third kappa shape index (κ3) is 3.45. The topological polar surface area (TPSA) is 99.8 Å². The van der Waals surface area contributed by atoms with Gasteiger partial charge in [0.15, 0.2) is 5.16 Å². The minimum Gasteiger partial charge on any atom is -0.497 e. The Balaban J connectivity index is 1.60. The molecule has 2 aromatic carbocycles. The predicted octanol–water partition coefficient (Wildman–Crippen LogP) is 2.33. The number of carbonyl (C=O) groups excluding carboxylic acids is 1. The molecule has 4 rings (SSSR count). The Hall–Kier alpha value is -3.53. The molecule has 0 bridgehead atoms. The quantitative estimate of drug-likeness (QED) is 0.473. The van der Waals surface area contributed by atoms with Crippen LogP contribution in [0.15, 0.2) is 52.4 Å². The number of nitrogens with one attached hydrogen (secondary N) is 1. The molecular formula is C20H19N5O4S. The van der Waals surface area contributed by atoms with E-state index in [1.165, 1.54) is 23.4 Å². The molecule has 0 radical (unpaired) electrons. The summed E-state index contributed by atoms with van der Waals surface area (Å²) in [4.78, 5) is 25.1. The fourth-order valence-corrected chi connectivity index (χ4v) is 3.87. The van der Waals surface area contributed by atoms with E-state index in [-0.39, 0.29) is 17.2 Å². The van der Waals surface area contributed by atoms with Gasteiger partial charge in [-0.15, -0.1) is 10.2 Å². The third-order valence-electron chi connectivity index (χ3n) is 4.61. The standard InChI is InChI=1S/C20H19N5O4S/c1-24-18(27)13-6-4-5-7-15(13)25-19(24)22-23-20(25)30-11-17(26)21-14-10-12(28-2)8-9-16(14)29-3/h4-10H,11H2,1-3H3,(H,21,26). The maximum absolute atomic E-state index is 12.6. The number of hydrogen-bond donors (Lipinski definition) is 1. The van der Waals surface area contributed by atoms with E-state index in [2.05, 4.69) is 15.5 Å². The highest BCUT2D eigenvalue weighted by molar-refractivity contribution is 7.99. The van der Waals surface area contributed by atoms with Gasteiger partial charge in [-0.25, -0.2) is 0 Å². The molecule has 2 heterocycles. The van der Waals surface area contributed by atoms with Crippen molar-refractivity contribution < 1.29 is 14.3 Å². The number of methoxy groups -OCH3 is 2. The first-order chi connectivity index (χ1) is 14.5. The largest absolute Gasteiger partial charge is 0.497 e. The normalized spacial score (nSPS) is 11.0. The molecule has 9 nitrogen and oxygen atoms in total. The maximum Gasteiger partial charge on any atom is 0.262 e. The molecule has 1 amide bonds. The Morgan fingerprint density at radius 2 is 1.93 bits per heavy atom. The number of nitrogens with zero attached hydrogens (tertiary/aromatic N) is 4.